The minimum Gasteiger partial charge on any atom is -0.388 e. The highest BCUT2D eigenvalue weighted by Gasteiger charge is 2.45. The zero-order chi connectivity index (χ0) is 28.9. The number of carbonyl (C=O) groups is 1. The normalized spacial score (nSPS) is 23.2. The lowest BCUT2D eigenvalue weighted by atomic mass is 9.91. The van der Waals surface area contributed by atoms with E-state index in [0.717, 1.165) is 49.7 Å². The molecule has 1 aliphatic heterocycles. The van der Waals surface area contributed by atoms with Crippen molar-refractivity contribution >= 4 is 37.9 Å². The van der Waals surface area contributed by atoms with Crippen LogP contribution in [-0.4, -0.2) is 83.7 Å². The van der Waals surface area contributed by atoms with Crippen LogP contribution >= 0.6 is 31.9 Å². The summed E-state index contributed by atoms with van der Waals surface area (Å²) < 4.78 is 0. The fourth-order valence-corrected chi connectivity index (χ4v) is 6.16. The third-order valence-electron chi connectivity index (χ3n) is 7.69. The van der Waals surface area contributed by atoms with Gasteiger partial charge in [-0.25, -0.2) is 4.79 Å². The second-order valence-corrected chi connectivity index (χ2v) is 12.8. The summed E-state index contributed by atoms with van der Waals surface area (Å²) >= 11 is 6.35. The molecule has 0 aromatic heterocycles. The van der Waals surface area contributed by atoms with Crippen LogP contribution < -0.4 is 0 Å². The molecular weight excluding hydrogens is 640 g/mol. The Morgan fingerprint density at radius 3 is 1.35 bits per heavy atom. The molecule has 1 heterocycles. The van der Waals surface area contributed by atoms with Crippen LogP contribution in [0.4, 0.5) is 4.79 Å². The molecule has 3 rings (SSSR count). The number of unbranched alkanes of at least 4 members (excludes halogenated alkanes) is 4. The number of rotatable bonds is 16. The molecule has 6 atom stereocenters. The molecule has 0 bridgehead atoms. The minimum atomic E-state index is -1.12. The summed E-state index contributed by atoms with van der Waals surface area (Å²) in [5, 5.41) is 41.3. The summed E-state index contributed by atoms with van der Waals surface area (Å²) in [5.41, 5.74) is 2.00. The number of alkyl halides is 2. The van der Waals surface area contributed by atoms with E-state index in [0.29, 0.717) is 38.8 Å². The average molecular weight is 685 g/mol. The third kappa shape index (κ3) is 10.4. The number of aliphatic hydroxyl groups excluding tert-OH is 4. The first-order valence-corrected chi connectivity index (χ1v) is 16.3. The molecule has 0 radical (unpaired) electrons. The van der Waals surface area contributed by atoms with Crippen molar-refractivity contribution in [2.75, 3.05) is 13.1 Å². The number of hydrogen-bond acceptors (Lipinski definition) is 5. The summed E-state index contributed by atoms with van der Waals surface area (Å²) in [6.45, 7) is 0.922. The van der Waals surface area contributed by atoms with Crippen LogP contribution in [0.2, 0.25) is 0 Å². The van der Waals surface area contributed by atoms with E-state index in [1.165, 1.54) is 0 Å². The number of hydrogen-bond donors (Lipinski definition) is 4. The zero-order valence-corrected chi connectivity index (χ0v) is 26.2. The third-order valence-corrected chi connectivity index (χ3v) is 8.60. The summed E-state index contributed by atoms with van der Waals surface area (Å²) in [6, 6.07) is 18.3. The van der Waals surface area contributed by atoms with Gasteiger partial charge in [0.1, 0.15) is 22.2 Å². The van der Waals surface area contributed by atoms with Gasteiger partial charge < -0.3 is 30.2 Å². The maximum atomic E-state index is 14.3. The van der Waals surface area contributed by atoms with Crippen LogP contribution in [0.25, 0.3) is 0 Å². The van der Waals surface area contributed by atoms with Crippen LogP contribution in [0.15, 0.2) is 60.7 Å². The first-order valence-electron chi connectivity index (χ1n) is 14.4. The molecular formula is C31H44Br2N2O5. The highest BCUT2D eigenvalue weighted by atomic mass is 79.9. The number of nitrogens with zero attached hydrogens (tertiary/aromatic N) is 2. The second kappa shape index (κ2) is 17.5. The lowest BCUT2D eigenvalue weighted by Gasteiger charge is -2.36. The van der Waals surface area contributed by atoms with Gasteiger partial charge in [-0.2, -0.15) is 0 Å². The predicted molar refractivity (Wildman–Crippen MR) is 165 cm³/mol. The van der Waals surface area contributed by atoms with E-state index in [4.69, 9.17) is 0 Å². The molecule has 0 spiro atoms. The molecule has 1 saturated heterocycles. The van der Waals surface area contributed by atoms with E-state index >= 15 is 0 Å². The van der Waals surface area contributed by atoms with Gasteiger partial charge in [-0.3, -0.25) is 0 Å². The Hall–Kier alpha value is -1.49. The van der Waals surface area contributed by atoms with Gasteiger partial charge in [-0.1, -0.05) is 105 Å². The highest BCUT2D eigenvalue weighted by molar-refractivity contribution is 9.09. The topological polar surface area (TPSA) is 104 Å². The first-order chi connectivity index (χ1) is 19.3. The molecule has 2 aromatic carbocycles. The van der Waals surface area contributed by atoms with Crippen molar-refractivity contribution in [1.82, 2.24) is 9.80 Å². The summed E-state index contributed by atoms with van der Waals surface area (Å²) in [7, 11) is 0. The molecule has 0 saturated carbocycles. The van der Waals surface area contributed by atoms with Crippen molar-refractivity contribution in [3.8, 4) is 0 Å². The van der Waals surface area contributed by atoms with Gasteiger partial charge in [-0.15, -0.1) is 0 Å². The van der Waals surface area contributed by atoms with Crippen LogP contribution in [-0.2, 0) is 12.8 Å². The Morgan fingerprint density at radius 2 is 1.00 bits per heavy atom. The van der Waals surface area contributed by atoms with Crippen molar-refractivity contribution in [3.63, 3.8) is 0 Å². The number of urea groups is 1. The Labute approximate surface area is 255 Å². The van der Waals surface area contributed by atoms with Crippen molar-refractivity contribution in [2.24, 2.45) is 0 Å². The zero-order valence-electron chi connectivity index (χ0n) is 23.1. The molecule has 2 amide bonds. The van der Waals surface area contributed by atoms with E-state index in [-0.39, 0.29) is 6.03 Å². The molecule has 2 unspecified atom stereocenters. The van der Waals surface area contributed by atoms with E-state index in [1.54, 1.807) is 9.80 Å². The van der Waals surface area contributed by atoms with Crippen LogP contribution in [0, 0.1) is 0 Å². The second-order valence-electron chi connectivity index (χ2n) is 10.7. The molecule has 222 valence electrons. The smallest absolute Gasteiger partial charge is 0.320 e. The molecule has 9 heteroatoms. The van der Waals surface area contributed by atoms with Gasteiger partial charge in [0, 0.05) is 13.1 Å². The Morgan fingerprint density at radius 1 is 0.625 bits per heavy atom. The van der Waals surface area contributed by atoms with Crippen LogP contribution in [0.1, 0.15) is 62.5 Å². The van der Waals surface area contributed by atoms with Gasteiger partial charge >= 0.3 is 6.03 Å². The standard InChI is InChI=1S/C31H44Br2N2O5/c32-27(36)17-9-3-11-19-34-25(21-23-13-5-1-6-14-23)29(38)30(39)26(22-24-15-7-2-8-16-24)35(31(34)40)20-12-4-10-18-28(33)37/h1-2,5-8,13-16,25-30,36-39H,3-4,9-12,17-22H2/t25-,26-,27?,28?,29+,30+/m1/s1. The molecule has 1 aliphatic rings. The fraction of sp³-hybridized carbons (Fsp3) is 0.581. The summed E-state index contributed by atoms with van der Waals surface area (Å²) in [5.74, 6) is 0. The number of carbonyl (C=O) groups excluding carboxylic acids is 1. The lowest BCUT2D eigenvalue weighted by Crippen LogP contribution is -2.51. The van der Waals surface area contributed by atoms with E-state index in [9.17, 15) is 25.2 Å². The monoisotopic (exact) mass is 682 g/mol. The lowest BCUT2D eigenvalue weighted by molar-refractivity contribution is -0.0396. The molecule has 7 nitrogen and oxygen atoms in total. The number of amides is 2. The van der Waals surface area contributed by atoms with E-state index < -0.39 is 34.3 Å². The summed E-state index contributed by atoms with van der Waals surface area (Å²) in [4.78, 5) is 17.9. The van der Waals surface area contributed by atoms with Gasteiger partial charge in [-0.05, 0) is 62.5 Å². The van der Waals surface area contributed by atoms with Gasteiger partial charge in [0.2, 0.25) is 0 Å². The van der Waals surface area contributed by atoms with Crippen molar-refractivity contribution < 1.29 is 25.2 Å². The Bertz CT molecular complexity index is 905. The van der Waals surface area contributed by atoms with Crippen molar-refractivity contribution in [2.45, 2.75) is 98.5 Å². The quantitative estimate of drug-likeness (QED) is 0.144. The van der Waals surface area contributed by atoms with E-state index in [2.05, 4.69) is 31.9 Å². The van der Waals surface area contributed by atoms with Crippen LogP contribution in [0.3, 0.4) is 0 Å². The minimum absolute atomic E-state index is 0.154. The fourth-order valence-electron chi connectivity index (χ4n) is 5.51. The average Bonchev–Trinajstić information content (AvgIpc) is 3.00. The predicted octanol–water partition coefficient (Wildman–Crippen LogP) is 5.22. The maximum absolute atomic E-state index is 14.3. The van der Waals surface area contributed by atoms with Crippen molar-refractivity contribution in [3.05, 3.63) is 71.8 Å². The molecule has 40 heavy (non-hydrogen) atoms. The molecule has 1 fully saturated rings. The molecule has 2 aromatic rings. The maximum Gasteiger partial charge on any atom is 0.320 e. The van der Waals surface area contributed by atoms with Gasteiger partial charge in [0.25, 0.3) is 0 Å². The highest BCUT2D eigenvalue weighted by Crippen LogP contribution is 2.28. The summed E-state index contributed by atoms with van der Waals surface area (Å²) in [6.07, 6.45) is 4.72. The largest absolute Gasteiger partial charge is 0.388 e. The SMILES string of the molecule is O=C1N(CCCCCC(O)Br)[C@H](Cc2ccccc2)[C@H](O)[C@@H](O)[C@@H](Cc2ccccc2)N1CCCCCC(O)Br. The van der Waals surface area contributed by atoms with E-state index in [1.807, 2.05) is 60.7 Å². The van der Waals surface area contributed by atoms with Gasteiger partial charge in [0.05, 0.1) is 12.1 Å². The molecule has 0 aliphatic carbocycles. The first kappa shape index (κ1) is 33.0. The van der Waals surface area contributed by atoms with Gasteiger partial charge in [0.15, 0.2) is 0 Å². The van der Waals surface area contributed by atoms with Crippen LogP contribution in [0.5, 0.6) is 0 Å². The molecule has 4 N–H and O–H groups in total. The Kier molecular flexibility index (Phi) is 14.4. The Balaban J connectivity index is 1.88. The van der Waals surface area contributed by atoms with Crippen molar-refractivity contribution in [1.29, 1.82) is 0 Å². The number of halogens is 2. The number of aliphatic hydroxyl groups is 4. The number of benzene rings is 2.